The number of likely N-dealkylation sites (tertiary alicyclic amines) is 1. The van der Waals surface area contributed by atoms with Crippen LogP contribution in [0.25, 0.3) is 5.76 Å². The molecule has 0 aliphatic carbocycles. The Kier molecular flexibility index (Phi) is 8.98. The molecule has 0 radical (unpaired) electrons. The van der Waals surface area contributed by atoms with Gasteiger partial charge in [0.2, 0.25) is 0 Å². The number of aliphatic hydroxyl groups excluding tert-OH is 1. The molecular formula is C30H33N3O5. The van der Waals surface area contributed by atoms with Gasteiger partial charge in [-0.2, -0.15) is 0 Å². The number of hydrogen-bond acceptors (Lipinski definition) is 6. The van der Waals surface area contributed by atoms with E-state index in [9.17, 15) is 14.7 Å². The van der Waals surface area contributed by atoms with Crippen LogP contribution in [0.5, 0.6) is 11.5 Å². The first kappa shape index (κ1) is 26.7. The van der Waals surface area contributed by atoms with Crippen molar-refractivity contribution in [1.29, 1.82) is 0 Å². The number of amides is 1. The Morgan fingerprint density at radius 3 is 2.61 bits per heavy atom. The third-order valence-corrected chi connectivity index (χ3v) is 6.35. The molecule has 1 fully saturated rings. The van der Waals surface area contributed by atoms with E-state index in [0.29, 0.717) is 55.4 Å². The van der Waals surface area contributed by atoms with E-state index >= 15 is 0 Å². The van der Waals surface area contributed by atoms with Crippen LogP contribution in [0.4, 0.5) is 0 Å². The van der Waals surface area contributed by atoms with Gasteiger partial charge in [0.15, 0.2) is 0 Å². The average molecular weight is 516 g/mol. The molecule has 3 aromatic rings. The molecule has 0 spiro atoms. The number of benzene rings is 2. The van der Waals surface area contributed by atoms with Crippen molar-refractivity contribution in [2.75, 3.05) is 19.8 Å². The van der Waals surface area contributed by atoms with Crippen LogP contribution in [0.15, 0.2) is 85.5 Å². The zero-order valence-corrected chi connectivity index (χ0v) is 21.6. The topological polar surface area (TPSA) is 93.9 Å². The van der Waals surface area contributed by atoms with Crippen LogP contribution in [-0.4, -0.2) is 51.0 Å². The fraction of sp³-hybridized carbons (Fsp3) is 0.300. The van der Waals surface area contributed by atoms with Crippen LogP contribution in [0.1, 0.15) is 43.4 Å². The lowest BCUT2D eigenvalue weighted by molar-refractivity contribution is -0.139. The van der Waals surface area contributed by atoms with Gasteiger partial charge in [-0.3, -0.25) is 9.59 Å². The third-order valence-electron chi connectivity index (χ3n) is 6.35. The molecule has 1 amide bonds. The van der Waals surface area contributed by atoms with Gasteiger partial charge in [0.05, 0.1) is 24.5 Å². The Balaban J connectivity index is 1.68. The SMILES string of the molecule is C=CCOc1ccc(C2/C(=C(\O)c3cccc(OCCCC)c3)C(=O)C(=O)N2CCCn2ccnc2)cc1. The monoisotopic (exact) mass is 515 g/mol. The molecular weight excluding hydrogens is 482 g/mol. The summed E-state index contributed by atoms with van der Waals surface area (Å²) >= 11 is 0. The molecule has 1 unspecified atom stereocenters. The summed E-state index contributed by atoms with van der Waals surface area (Å²) in [4.78, 5) is 32.1. The van der Waals surface area contributed by atoms with Gasteiger partial charge in [0, 0.05) is 31.0 Å². The second-order valence-corrected chi connectivity index (χ2v) is 9.05. The minimum atomic E-state index is -0.740. The normalized spacial score (nSPS) is 16.6. The van der Waals surface area contributed by atoms with E-state index < -0.39 is 17.7 Å². The van der Waals surface area contributed by atoms with Gasteiger partial charge >= 0.3 is 0 Å². The molecule has 198 valence electrons. The van der Waals surface area contributed by atoms with E-state index in [1.165, 1.54) is 4.90 Å². The van der Waals surface area contributed by atoms with Gasteiger partial charge in [0.1, 0.15) is 23.9 Å². The van der Waals surface area contributed by atoms with Crippen molar-refractivity contribution < 1.29 is 24.2 Å². The highest BCUT2D eigenvalue weighted by molar-refractivity contribution is 6.46. The summed E-state index contributed by atoms with van der Waals surface area (Å²) in [5.74, 6) is -0.331. The zero-order chi connectivity index (χ0) is 26.9. The molecule has 8 heteroatoms. The maximum Gasteiger partial charge on any atom is 0.295 e. The Labute approximate surface area is 222 Å². The largest absolute Gasteiger partial charge is 0.507 e. The minimum absolute atomic E-state index is 0.0584. The number of Topliss-reactive ketones (excluding diaryl/α,β-unsaturated/α-hetero) is 1. The number of unbranched alkanes of at least 4 members (excludes halogenated alkanes) is 1. The molecule has 0 saturated carbocycles. The number of carbonyl (C=O) groups is 2. The first-order chi connectivity index (χ1) is 18.5. The second-order valence-electron chi connectivity index (χ2n) is 9.05. The first-order valence-corrected chi connectivity index (χ1v) is 12.8. The van der Waals surface area contributed by atoms with Gasteiger partial charge < -0.3 is 24.0 Å². The summed E-state index contributed by atoms with van der Waals surface area (Å²) in [5, 5.41) is 11.4. The molecule has 2 aromatic carbocycles. The predicted octanol–water partition coefficient (Wildman–Crippen LogP) is 5.14. The van der Waals surface area contributed by atoms with E-state index in [2.05, 4.69) is 18.5 Å². The maximum absolute atomic E-state index is 13.3. The summed E-state index contributed by atoms with van der Waals surface area (Å²) in [6.45, 7) is 7.64. The molecule has 8 nitrogen and oxygen atoms in total. The van der Waals surface area contributed by atoms with Crippen LogP contribution in [-0.2, 0) is 16.1 Å². The molecule has 1 atom stereocenters. The van der Waals surface area contributed by atoms with Crippen molar-refractivity contribution in [3.63, 3.8) is 0 Å². The Hall–Kier alpha value is -4.33. The number of aromatic nitrogens is 2. The zero-order valence-electron chi connectivity index (χ0n) is 21.6. The quantitative estimate of drug-likeness (QED) is 0.111. The fourth-order valence-corrected chi connectivity index (χ4v) is 4.42. The van der Waals surface area contributed by atoms with Crippen LogP contribution >= 0.6 is 0 Å². The van der Waals surface area contributed by atoms with Crippen LogP contribution in [0.3, 0.4) is 0 Å². The van der Waals surface area contributed by atoms with E-state index in [1.807, 2.05) is 22.9 Å². The number of ether oxygens (including phenoxy) is 2. The van der Waals surface area contributed by atoms with Gasteiger partial charge in [-0.1, -0.05) is 50.3 Å². The number of carbonyl (C=O) groups excluding carboxylic acids is 2. The molecule has 1 aliphatic rings. The molecule has 1 N–H and O–H groups in total. The first-order valence-electron chi connectivity index (χ1n) is 12.8. The van der Waals surface area contributed by atoms with Crippen molar-refractivity contribution in [2.45, 2.75) is 38.8 Å². The van der Waals surface area contributed by atoms with Crippen LogP contribution in [0, 0.1) is 0 Å². The molecule has 2 heterocycles. The van der Waals surface area contributed by atoms with E-state index in [4.69, 9.17) is 9.47 Å². The number of ketones is 1. The van der Waals surface area contributed by atoms with E-state index in [0.717, 1.165) is 12.8 Å². The van der Waals surface area contributed by atoms with E-state index in [1.54, 1.807) is 55.0 Å². The number of rotatable bonds is 13. The molecule has 0 bridgehead atoms. The second kappa shape index (κ2) is 12.8. The summed E-state index contributed by atoms with van der Waals surface area (Å²) in [7, 11) is 0. The van der Waals surface area contributed by atoms with E-state index in [-0.39, 0.29) is 11.3 Å². The lowest BCUT2D eigenvalue weighted by Crippen LogP contribution is -2.31. The highest BCUT2D eigenvalue weighted by atomic mass is 16.5. The Morgan fingerprint density at radius 1 is 1.08 bits per heavy atom. The van der Waals surface area contributed by atoms with Crippen molar-refractivity contribution in [3.8, 4) is 11.5 Å². The van der Waals surface area contributed by atoms with Gasteiger partial charge in [-0.25, -0.2) is 4.98 Å². The highest BCUT2D eigenvalue weighted by Crippen LogP contribution is 2.40. The molecule has 38 heavy (non-hydrogen) atoms. The van der Waals surface area contributed by atoms with Gasteiger partial charge in [-0.15, -0.1) is 0 Å². The molecule has 1 aliphatic heterocycles. The number of nitrogens with zero attached hydrogens (tertiary/aromatic N) is 3. The number of aliphatic hydroxyl groups is 1. The Bertz CT molecular complexity index is 1280. The number of imidazole rings is 1. The smallest absolute Gasteiger partial charge is 0.295 e. The lowest BCUT2D eigenvalue weighted by Gasteiger charge is -2.25. The van der Waals surface area contributed by atoms with Crippen molar-refractivity contribution in [3.05, 3.63) is 96.6 Å². The fourth-order valence-electron chi connectivity index (χ4n) is 4.42. The molecule has 4 rings (SSSR count). The van der Waals surface area contributed by atoms with Crippen molar-refractivity contribution >= 4 is 17.4 Å². The standard InChI is InChI=1S/C30H33N3O5/c1-3-5-19-38-25-9-6-8-23(20-25)28(34)26-27(22-10-12-24(13-11-22)37-18-4-2)33(30(36)29(26)35)16-7-15-32-17-14-31-21-32/h4,6,8-14,17,20-21,27,34H,2-3,5,7,15-16,18-19H2,1H3/b28-26+. The summed E-state index contributed by atoms with van der Waals surface area (Å²) in [5.41, 5.74) is 1.18. The van der Waals surface area contributed by atoms with Crippen LogP contribution < -0.4 is 9.47 Å². The Morgan fingerprint density at radius 2 is 1.89 bits per heavy atom. The lowest BCUT2D eigenvalue weighted by atomic mass is 9.95. The summed E-state index contributed by atoms with van der Waals surface area (Å²) in [6, 6.07) is 13.4. The summed E-state index contributed by atoms with van der Waals surface area (Å²) < 4.78 is 13.3. The molecule has 1 aromatic heterocycles. The highest BCUT2D eigenvalue weighted by Gasteiger charge is 2.45. The van der Waals surface area contributed by atoms with Crippen molar-refractivity contribution in [1.82, 2.24) is 14.5 Å². The van der Waals surface area contributed by atoms with Crippen molar-refractivity contribution in [2.24, 2.45) is 0 Å². The maximum atomic E-state index is 13.3. The minimum Gasteiger partial charge on any atom is -0.507 e. The molecule has 1 saturated heterocycles. The van der Waals surface area contributed by atoms with Gasteiger partial charge in [0.25, 0.3) is 11.7 Å². The number of aryl methyl sites for hydroxylation is 1. The summed E-state index contributed by atoms with van der Waals surface area (Å²) in [6.07, 6.45) is 9.44. The van der Waals surface area contributed by atoms with Gasteiger partial charge in [-0.05, 0) is 42.7 Å². The number of hydrogen-bond donors (Lipinski definition) is 1. The van der Waals surface area contributed by atoms with Crippen LogP contribution in [0.2, 0.25) is 0 Å². The average Bonchev–Trinajstić information content (AvgIpc) is 3.54. The third kappa shape index (κ3) is 6.14. The predicted molar refractivity (Wildman–Crippen MR) is 145 cm³/mol.